The van der Waals surface area contributed by atoms with Crippen LogP contribution in [0.1, 0.15) is 11.3 Å². The van der Waals surface area contributed by atoms with Crippen molar-refractivity contribution >= 4 is 23.6 Å². The van der Waals surface area contributed by atoms with Gasteiger partial charge in [-0.15, -0.1) is 0 Å². The number of aromatic amines is 1. The molecule has 0 saturated heterocycles. The minimum Gasteiger partial charge on any atom is -0.508 e. The first kappa shape index (κ1) is 22.5. The first-order valence-corrected chi connectivity index (χ1v) is 10.6. The summed E-state index contributed by atoms with van der Waals surface area (Å²) in [4.78, 5) is 16.8. The second kappa shape index (κ2) is 10.3. The standard InChI is InChI=1S/C18H18N6.C7H7NO2/c1-13-8-18-21-17(23(2)12-14-6-4-3-5-7-14)9-16(24(18)22-13)15-10-19-20-11-15;9-5-8-6-1-3-7(10)4-2-6/h3-11H,12H2,1-2H3,(H,19,20);1-5,10H,(H,8,9). The number of rotatable bonds is 6. The molecule has 2 aromatic carbocycles. The molecule has 1 amide bonds. The van der Waals surface area contributed by atoms with Crippen LogP contribution in [0.4, 0.5) is 11.5 Å². The summed E-state index contributed by atoms with van der Waals surface area (Å²) in [6, 6.07) is 20.7. The van der Waals surface area contributed by atoms with Crippen LogP contribution in [-0.2, 0) is 11.3 Å². The van der Waals surface area contributed by atoms with Crippen molar-refractivity contribution in [2.75, 3.05) is 17.3 Å². The first-order chi connectivity index (χ1) is 16.5. The number of nitrogens with zero attached hydrogens (tertiary/aromatic N) is 5. The fourth-order valence-corrected chi connectivity index (χ4v) is 3.43. The van der Waals surface area contributed by atoms with Crippen LogP contribution < -0.4 is 10.2 Å². The summed E-state index contributed by atoms with van der Waals surface area (Å²) >= 11 is 0. The topological polar surface area (TPSA) is 111 Å². The van der Waals surface area contributed by atoms with E-state index in [0.29, 0.717) is 12.1 Å². The van der Waals surface area contributed by atoms with E-state index in [9.17, 15) is 4.79 Å². The summed E-state index contributed by atoms with van der Waals surface area (Å²) in [6.07, 6.45) is 4.26. The normalized spacial score (nSPS) is 10.4. The van der Waals surface area contributed by atoms with Gasteiger partial charge in [-0.3, -0.25) is 9.89 Å². The summed E-state index contributed by atoms with van der Waals surface area (Å²) in [5.41, 5.74) is 5.65. The lowest BCUT2D eigenvalue weighted by Gasteiger charge is -2.19. The monoisotopic (exact) mass is 455 g/mol. The highest BCUT2D eigenvalue weighted by Gasteiger charge is 2.13. The van der Waals surface area contributed by atoms with E-state index >= 15 is 0 Å². The molecular formula is C25H25N7O2. The molecule has 3 aromatic heterocycles. The van der Waals surface area contributed by atoms with Gasteiger partial charge in [0.1, 0.15) is 11.6 Å². The summed E-state index contributed by atoms with van der Waals surface area (Å²) < 4.78 is 1.86. The van der Waals surface area contributed by atoms with Crippen LogP contribution in [0.2, 0.25) is 0 Å². The SMILES string of the molecule is Cc1cc2nc(N(C)Cc3ccccc3)cc(-c3cn[nH]c3)n2n1.O=CNc1ccc(O)cc1. The number of benzene rings is 2. The Morgan fingerprint density at radius 3 is 2.56 bits per heavy atom. The molecule has 34 heavy (non-hydrogen) atoms. The largest absolute Gasteiger partial charge is 0.508 e. The quantitative estimate of drug-likeness (QED) is 0.263. The van der Waals surface area contributed by atoms with Gasteiger partial charge in [0, 0.05) is 43.2 Å². The smallest absolute Gasteiger partial charge is 0.211 e. The third-order valence-corrected chi connectivity index (χ3v) is 5.08. The first-order valence-electron chi connectivity index (χ1n) is 10.6. The van der Waals surface area contributed by atoms with E-state index in [2.05, 4.69) is 49.8 Å². The minimum absolute atomic E-state index is 0.191. The molecule has 0 fully saturated rings. The number of hydrogen-bond donors (Lipinski definition) is 3. The molecule has 3 N–H and O–H groups in total. The zero-order valence-electron chi connectivity index (χ0n) is 18.9. The maximum Gasteiger partial charge on any atom is 0.211 e. The van der Waals surface area contributed by atoms with E-state index in [1.54, 1.807) is 18.3 Å². The summed E-state index contributed by atoms with van der Waals surface area (Å²) in [6.45, 7) is 2.77. The van der Waals surface area contributed by atoms with Gasteiger partial charge in [0.2, 0.25) is 6.41 Å². The Kier molecular flexibility index (Phi) is 6.83. The van der Waals surface area contributed by atoms with Crippen molar-refractivity contribution < 1.29 is 9.90 Å². The number of amides is 1. The van der Waals surface area contributed by atoms with Gasteiger partial charge in [-0.05, 0) is 36.8 Å². The lowest BCUT2D eigenvalue weighted by molar-refractivity contribution is -0.105. The molecule has 0 atom stereocenters. The summed E-state index contributed by atoms with van der Waals surface area (Å²) in [5.74, 6) is 1.10. The number of aromatic nitrogens is 5. The molecule has 0 radical (unpaired) electrons. The molecule has 0 spiro atoms. The van der Waals surface area contributed by atoms with Crippen LogP contribution >= 0.6 is 0 Å². The molecule has 9 heteroatoms. The highest BCUT2D eigenvalue weighted by Crippen LogP contribution is 2.24. The minimum atomic E-state index is 0.191. The van der Waals surface area contributed by atoms with Gasteiger partial charge >= 0.3 is 0 Å². The molecular weight excluding hydrogens is 430 g/mol. The van der Waals surface area contributed by atoms with Crippen molar-refractivity contribution in [3.63, 3.8) is 0 Å². The van der Waals surface area contributed by atoms with Crippen LogP contribution in [0.15, 0.2) is 79.1 Å². The fourth-order valence-electron chi connectivity index (χ4n) is 3.43. The maximum absolute atomic E-state index is 9.89. The third-order valence-electron chi connectivity index (χ3n) is 5.08. The van der Waals surface area contributed by atoms with Crippen molar-refractivity contribution in [1.82, 2.24) is 24.8 Å². The zero-order valence-corrected chi connectivity index (χ0v) is 18.9. The molecule has 9 nitrogen and oxygen atoms in total. The highest BCUT2D eigenvalue weighted by atomic mass is 16.3. The highest BCUT2D eigenvalue weighted by molar-refractivity contribution is 5.71. The van der Waals surface area contributed by atoms with Gasteiger partial charge in [0.05, 0.1) is 17.6 Å². The van der Waals surface area contributed by atoms with Crippen LogP contribution in [0.3, 0.4) is 0 Å². The van der Waals surface area contributed by atoms with Gasteiger partial charge in [-0.25, -0.2) is 9.50 Å². The van der Waals surface area contributed by atoms with Crippen molar-refractivity contribution in [1.29, 1.82) is 0 Å². The average molecular weight is 456 g/mol. The van der Waals surface area contributed by atoms with E-state index in [4.69, 9.17) is 10.1 Å². The van der Waals surface area contributed by atoms with Gasteiger partial charge in [0.25, 0.3) is 0 Å². The lowest BCUT2D eigenvalue weighted by atomic mass is 10.2. The molecule has 0 aliphatic heterocycles. The van der Waals surface area contributed by atoms with Crippen LogP contribution in [0, 0.1) is 6.92 Å². The molecule has 0 unspecified atom stereocenters. The predicted molar refractivity (Wildman–Crippen MR) is 132 cm³/mol. The molecule has 172 valence electrons. The number of hydrogen-bond acceptors (Lipinski definition) is 6. The number of nitrogens with one attached hydrogen (secondary N) is 2. The number of carbonyl (C=O) groups excluding carboxylic acids is 1. The van der Waals surface area contributed by atoms with E-state index in [0.717, 1.165) is 35.0 Å². The number of aryl methyl sites for hydroxylation is 1. The number of anilines is 2. The molecule has 5 rings (SSSR count). The molecule has 3 heterocycles. The van der Waals surface area contributed by atoms with Crippen LogP contribution in [0.5, 0.6) is 5.75 Å². The Labute approximate surface area is 196 Å². The van der Waals surface area contributed by atoms with Gasteiger partial charge in [-0.2, -0.15) is 10.2 Å². The van der Waals surface area contributed by atoms with Crippen molar-refractivity contribution in [2.24, 2.45) is 0 Å². The number of phenolic OH excluding ortho intramolecular Hbond substituents is 1. The summed E-state index contributed by atoms with van der Waals surface area (Å²) in [5, 5.41) is 22.7. The molecule has 0 saturated carbocycles. The fraction of sp³-hybridized carbons (Fsp3) is 0.120. The number of fused-ring (bicyclic) bond motifs is 1. The Morgan fingerprint density at radius 2 is 1.88 bits per heavy atom. The molecule has 5 aromatic rings. The lowest BCUT2D eigenvalue weighted by Crippen LogP contribution is -2.18. The van der Waals surface area contributed by atoms with Crippen molar-refractivity contribution in [3.8, 4) is 17.0 Å². The Morgan fingerprint density at radius 1 is 1.12 bits per heavy atom. The second-order valence-electron chi connectivity index (χ2n) is 7.69. The molecule has 0 aliphatic carbocycles. The van der Waals surface area contributed by atoms with Crippen LogP contribution in [0.25, 0.3) is 16.9 Å². The summed E-state index contributed by atoms with van der Waals surface area (Å²) in [7, 11) is 2.05. The second-order valence-corrected chi connectivity index (χ2v) is 7.69. The van der Waals surface area contributed by atoms with Gasteiger partial charge in [0.15, 0.2) is 5.65 Å². The zero-order chi connectivity index (χ0) is 23.9. The Hall–Kier alpha value is -4.66. The van der Waals surface area contributed by atoms with E-state index < -0.39 is 0 Å². The molecule has 0 aliphatic rings. The maximum atomic E-state index is 9.89. The average Bonchev–Trinajstić information content (AvgIpc) is 3.50. The van der Waals surface area contributed by atoms with Crippen LogP contribution in [-0.4, -0.2) is 43.4 Å². The predicted octanol–water partition coefficient (Wildman–Crippen LogP) is 4.02. The van der Waals surface area contributed by atoms with E-state index in [1.165, 1.54) is 17.7 Å². The van der Waals surface area contributed by atoms with E-state index in [-0.39, 0.29) is 5.75 Å². The number of H-pyrrole nitrogens is 1. The Balaban J connectivity index is 0.000000231. The number of phenols is 1. The van der Waals surface area contributed by atoms with Crippen molar-refractivity contribution in [3.05, 3.63) is 90.4 Å². The number of carbonyl (C=O) groups is 1. The van der Waals surface area contributed by atoms with Gasteiger partial charge < -0.3 is 15.3 Å². The number of aromatic hydroxyl groups is 1. The Bertz CT molecular complexity index is 1350. The van der Waals surface area contributed by atoms with E-state index in [1.807, 2.05) is 42.9 Å². The van der Waals surface area contributed by atoms with Gasteiger partial charge in [-0.1, -0.05) is 30.3 Å². The third kappa shape index (κ3) is 5.39. The molecule has 0 bridgehead atoms. The van der Waals surface area contributed by atoms with Crippen molar-refractivity contribution in [2.45, 2.75) is 13.5 Å².